The molecule has 0 spiro atoms. The summed E-state index contributed by atoms with van der Waals surface area (Å²) in [6.07, 6.45) is 3.13. The molecule has 1 heterocycles. The van der Waals surface area contributed by atoms with Crippen LogP contribution in [0.2, 0.25) is 0 Å². The van der Waals surface area contributed by atoms with Crippen LogP contribution in [0.25, 0.3) is 0 Å². The minimum Gasteiger partial charge on any atom is -0.452 e. The molecule has 0 aromatic heterocycles. The van der Waals surface area contributed by atoms with Gasteiger partial charge in [0.25, 0.3) is 5.91 Å². The van der Waals surface area contributed by atoms with Crippen molar-refractivity contribution in [3.63, 3.8) is 0 Å². The highest BCUT2D eigenvalue weighted by Crippen LogP contribution is 2.13. The van der Waals surface area contributed by atoms with Gasteiger partial charge in [-0.2, -0.15) is 0 Å². The van der Waals surface area contributed by atoms with E-state index >= 15 is 0 Å². The lowest BCUT2D eigenvalue weighted by molar-refractivity contribution is -0.135. The summed E-state index contributed by atoms with van der Waals surface area (Å²) in [4.78, 5) is 38.2. The standard InChI is InChI=1S/C21H21NO4/c23-19(22-13-5-2-6-14-22)15-26-21(25)18-11-9-17(10-12-18)20(24)16-7-3-1-4-8-16/h1,3-4,7-12H,2,5-6,13-15H2. The van der Waals surface area contributed by atoms with Crippen molar-refractivity contribution >= 4 is 17.7 Å². The van der Waals surface area contributed by atoms with E-state index in [1.54, 1.807) is 53.4 Å². The molecule has 1 fully saturated rings. The highest BCUT2D eigenvalue weighted by Gasteiger charge is 2.18. The van der Waals surface area contributed by atoms with Crippen molar-refractivity contribution in [2.24, 2.45) is 0 Å². The van der Waals surface area contributed by atoms with Gasteiger partial charge >= 0.3 is 5.97 Å². The molecule has 26 heavy (non-hydrogen) atoms. The van der Waals surface area contributed by atoms with E-state index in [-0.39, 0.29) is 18.3 Å². The lowest BCUT2D eigenvalue weighted by Gasteiger charge is -2.26. The Bertz CT molecular complexity index is 777. The van der Waals surface area contributed by atoms with E-state index in [1.807, 2.05) is 6.07 Å². The number of amides is 1. The third-order valence-electron chi connectivity index (χ3n) is 4.45. The fourth-order valence-corrected chi connectivity index (χ4v) is 2.96. The first-order valence-electron chi connectivity index (χ1n) is 8.80. The van der Waals surface area contributed by atoms with Crippen LogP contribution in [0.15, 0.2) is 54.6 Å². The topological polar surface area (TPSA) is 63.7 Å². The molecule has 0 atom stereocenters. The Labute approximate surface area is 152 Å². The summed E-state index contributed by atoms with van der Waals surface area (Å²) in [5.41, 5.74) is 1.41. The smallest absolute Gasteiger partial charge is 0.338 e. The molecule has 1 aliphatic rings. The monoisotopic (exact) mass is 351 g/mol. The fraction of sp³-hybridized carbons (Fsp3) is 0.286. The van der Waals surface area contributed by atoms with Crippen LogP contribution in [-0.2, 0) is 9.53 Å². The van der Waals surface area contributed by atoms with Crippen LogP contribution in [-0.4, -0.2) is 42.3 Å². The van der Waals surface area contributed by atoms with Gasteiger partial charge in [0.05, 0.1) is 5.56 Å². The van der Waals surface area contributed by atoms with Crippen molar-refractivity contribution < 1.29 is 19.1 Å². The van der Waals surface area contributed by atoms with E-state index in [2.05, 4.69) is 0 Å². The van der Waals surface area contributed by atoms with Crippen LogP contribution < -0.4 is 0 Å². The van der Waals surface area contributed by atoms with Crippen LogP contribution in [0, 0.1) is 0 Å². The van der Waals surface area contributed by atoms with Crippen molar-refractivity contribution in [2.75, 3.05) is 19.7 Å². The van der Waals surface area contributed by atoms with Crippen molar-refractivity contribution in [2.45, 2.75) is 19.3 Å². The number of esters is 1. The summed E-state index contributed by atoms with van der Waals surface area (Å²) >= 11 is 0. The van der Waals surface area contributed by atoms with Gasteiger partial charge in [-0.3, -0.25) is 9.59 Å². The van der Waals surface area contributed by atoms with Crippen LogP contribution in [0.1, 0.15) is 45.5 Å². The molecule has 0 saturated carbocycles. The van der Waals surface area contributed by atoms with Crippen molar-refractivity contribution in [3.8, 4) is 0 Å². The number of nitrogens with zero attached hydrogens (tertiary/aromatic N) is 1. The number of carbonyl (C=O) groups is 3. The molecular formula is C21H21NO4. The first-order chi connectivity index (χ1) is 12.6. The largest absolute Gasteiger partial charge is 0.452 e. The molecule has 134 valence electrons. The molecule has 5 nitrogen and oxygen atoms in total. The highest BCUT2D eigenvalue weighted by atomic mass is 16.5. The van der Waals surface area contributed by atoms with Crippen molar-refractivity contribution in [3.05, 3.63) is 71.3 Å². The lowest BCUT2D eigenvalue weighted by atomic mass is 10.0. The highest BCUT2D eigenvalue weighted by molar-refractivity contribution is 6.09. The predicted octanol–water partition coefficient (Wildman–Crippen LogP) is 3.09. The summed E-state index contributed by atoms with van der Waals surface area (Å²) in [5.74, 6) is -0.825. The molecule has 0 aliphatic carbocycles. The van der Waals surface area contributed by atoms with E-state index in [0.717, 1.165) is 32.4 Å². The minimum absolute atomic E-state index is 0.106. The molecule has 2 aromatic carbocycles. The average molecular weight is 351 g/mol. The van der Waals surface area contributed by atoms with Crippen molar-refractivity contribution in [1.29, 1.82) is 0 Å². The molecule has 5 heteroatoms. The molecule has 2 aromatic rings. The average Bonchev–Trinajstić information content (AvgIpc) is 2.72. The van der Waals surface area contributed by atoms with Crippen LogP contribution in [0.5, 0.6) is 0 Å². The second-order valence-corrected chi connectivity index (χ2v) is 6.29. The van der Waals surface area contributed by atoms with Crippen molar-refractivity contribution in [1.82, 2.24) is 4.90 Å². The van der Waals surface area contributed by atoms with Gasteiger partial charge < -0.3 is 9.64 Å². The molecule has 1 saturated heterocycles. The summed E-state index contributed by atoms with van der Waals surface area (Å²) in [5, 5.41) is 0. The maximum atomic E-state index is 12.4. The number of ketones is 1. The third-order valence-corrected chi connectivity index (χ3v) is 4.45. The van der Waals surface area contributed by atoms with E-state index in [4.69, 9.17) is 4.74 Å². The summed E-state index contributed by atoms with van der Waals surface area (Å²) in [6.45, 7) is 1.21. The van der Waals surface area contributed by atoms with Gasteiger partial charge in [-0.05, 0) is 31.4 Å². The Morgan fingerprint density at radius 2 is 1.35 bits per heavy atom. The quantitative estimate of drug-likeness (QED) is 0.613. The second-order valence-electron chi connectivity index (χ2n) is 6.29. The number of benzene rings is 2. The van der Waals surface area contributed by atoms with Gasteiger partial charge in [0.1, 0.15) is 0 Å². The summed E-state index contributed by atoms with van der Waals surface area (Å²) in [6, 6.07) is 15.2. The normalized spacial score (nSPS) is 13.9. The third kappa shape index (κ3) is 4.36. The SMILES string of the molecule is O=C(OCC(=O)N1CCCCC1)c1ccc(C(=O)c2ccccc2)cc1. The number of ether oxygens (including phenoxy) is 1. The first kappa shape index (κ1) is 17.9. The molecule has 0 unspecified atom stereocenters. The Morgan fingerprint density at radius 3 is 2.00 bits per heavy atom. The first-order valence-corrected chi connectivity index (χ1v) is 8.80. The Hall–Kier alpha value is -2.95. The Kier molecular flexibility index (Phi) is 5.79. The molecule has 1 amide bonds. The number of rotatable bonds is 5. The molecule has 0 radical (unpaired) electrons. The zero-order valence-corrected chi connectivity index (χ0v) is 14.5. The molecule has 3 rings (SSSR count). The van der Waals surface area contributed by atoms with E-state index in [1.165, 1.54) is 0 Å². The molecular weight excluding hydrogens is 330 g/mol. The van der Waals surface area contributed by atoms with Crippen LogP contribution in [0.3, 0.4) is 0 Å². The second kappa shape index (κ2) is 8.43. The fourth-order valence-electron chi connectivity index (χ4n) is 2.96. The molecule has 0 bridgehead atoms. The van der Waals surface area contributed by atoms with Gasteiger partial charge in [0.2, 0.25) is 0 Å². The van der Waals surface area contributed by atoms with E-state index < -0.39 is 5.97 Å². The zero-order chi connectivity index (χ0) is 18.4. The van der Waals surface area contributed by atoms with Crippen LogP contribution >= 0.6 is 0 Å². The van der Waals surface area contributed by atoms with E-state index in [9.17, 15) is 14.4 Å². The maximum Gasteiger partial charge on any atom is 0.338 e. The van der Waals surface area contributed by atoms with Gasteiger partial charge in [-0.1, -0.05) is 42.5 Å². The van der Waals surface area contributed by atoms with Crippen LogP contribution in [0.4, 0.5) is 0 Å². The number of likely N-dealkylation sites (tertiary alicyclic amines) is 1. The molecule has 0 N–H and O–H groups in total. The lowest BCUT2D eigenvalue weighted by Crippen LogP contribution is -2.38. The van der Waals surface area contributed by atoms with Gasteiger partial charge in [0, 0.05) is 24.2 Å². The number of piperidine rings is 1. The van der Waals surface area contributed by atoms with Gasteiger partial charge in [-0.15, -0.1) is 0 Å². The van der Waals surface area contributed by atoms with Gasteiger partial charge in [0.15, 0.2) is 12.4 Å². The van der Waals surface area contributed by atoms with E-state index in [0.29, 0.717) is 16.7 Å². The zero-order valence-electron chi connectivity index (χ0n) is 14.5. The molecule has 1 aliphatic heterocycles. The maximum absolute atomic E-state index is 12.4. The number of hydrogen-bond acceptors (Lipinski definition) is 4. The van der Waals surface area contributed by atoms with Gasteiger partial charge in [-0.25, -0.2) is 4.79 Å². The summed E-state index contributed by atoms with van der Waals surface area (Å²) in [7, 11) is 0. The Balaban J connectivity index is 1.57. The predicted molar refractivity (Wildman–Crippen MR) is 97.0 cm³/mol. The Morgan fingerprint density at radius 1 is 0.769 bits per heavy atom. The minimum atomic E-state index is -0.561. The number of carbonyl (C=O) groups excluding carboxylic acids is 3. The summed E-state index contributed by atoms with van der Waals surface area (Å²) < 4.78 is 5.11. The number of hydrogen-bond donors (Lipinski definition) is 0.